The molecular weight excluding hydrogens is 298 g/mol. The molecule has 0 fully saturated rings. The lowest BCUT2D eigenvalue weighted by Crippen LogP contribution is -2.28. The number of hydrogen-bond donors (Lipinski definition) is 1. The van der Waals surface area contributed by atoms with Crippen LogP contribution in [0.3, 0.4) is 0 Å². The van der Waals surface area contributed by atoms with E-state index in [1.165, 1.54) is 12.8 Å². The summed E-state index contributed by atoms with van der Waals surface area (Å²) in [5.74, 6) is 0.649. The van der Waals surface area contributed by atoms with Gasteiger partial charge in [-0.25, -0.2) is 9.99 Å². The Kier molecular flexibility index (Phi) is 5.39. The molecular formula is C20H23N3O. The van der Waals surface area contributed by atoms with Gasteiger partial charge in [0.25, 0.3) is 0 Å². The number of anilines is 1. The largest absolute Gasteiger partial charge is 0.368 e. The van der Waals surface area contributed by atoms with Gasteiger partial charge in [-0.3, -0.25) is 0 Å². The average molecular weight is 321 g/mol. The lowest BCUT2D eigenvalue weighted by Gasteiger charge is -2.18. The standard InChI is InChI=1S/C20H23N3O/c1-2-3-4-8-13-17-19(16-11-6-5-7-12-16)22-23(20(17)24)18-14-9-10-15-21-18/h5-7,9-15,20,24H,2-4,8H2,1H3/b17-13+. The van der Waals surface area contributed by atoms with Crippen molar-refractivity contribution in [1.82, 2.24) is 4.98 Å². The number of aliphatic hydroxyl groups is 1. The quantitative estimate of drug-likeness (QED) is 0.814. The Morgan fingerprint density at radius 3 is 2.58 bits per heavy atom. The van der Waals surface area contributed by atoms with Gasteiger partial charge in [0.1, 0.15) is 0 Å². The molecule has 1 unspecified atom stereocenters. The molecule has 1 aliphatic heterocycles. The molecule has 0 bridgehead atoms. The predicted octanol–water partition coefficient (Wildman–Crippen LogP) is 4.13. The Morgan fingerprint density at radius 1 is 1.08 bits per heavy atom. The van der Waals surface area contributed by atoms with E-state index in [0.717, 1.165) is 29.7 Å². The van der Waals surface area contributed by atoms with E-state index in [-0.39, 0.29) is 0 Å². The van der Waals surface area contributed by atoms with Crippen molar-refractivity contribution in [2.24, 2.45) is 5.10 Å². The SMILES string of the molecule is CCCCC/C=C1\C(c2ccccc2)=NN(c2ccccn2)C1O. The molecule has 0 aliphatic carbocycles. The van der Waals surface area contributed by atoms with Crippen LogP contribution >= 0.6 is 0 Å². The Balaban J connectivity index is 1.93. The molecule has 4 nitrogen and oxygen atoms in total. The van der Waals surface area contributed by atoms with E-state index in [1.807, 2.05) is 48.5 Å². The number of allylic oxidation sites excluding steroid dienone is 1. The van der Waals surface area contributed by atoms with E-state index >= 15 is 0 Å². The molecule has 0 saturated heterocycles. The van der Waals surface area contributed by atoms with Gasteiger partial charge in [0.05, 0.1) is 5.71 Å². The van der Waals surface area contributed by atoms with Crippen LogP contribution in [0.5, 0.6) is 0 Å². The van der Waals surface area contributed by atoms with E-state index in [9.17, 15) is 5.11 Å². The van der Waals surface area contributed by atoms with Crippen molar-refractivity contribution in [1.29, 1.82) is 0 Å². The van der Waals surface area contributed by atoms with Gasteiger partial charge < -0.3 is 5.11 Å². The number of pyridine rings is 1. The number of nitrogens with zero attached hydrogens (tertiary/aromatic N) is 3. The monoisotopic (exact) mass is 321 g/mol. The summed E-state index contributed by atoms with van der Waals surface area (Å²) in [7, 11) is 0. The average Bonchev–Trinajstić information content (AvgIpc) is 2.97. The first-order chi connectivity index (χ1) is 11.8. The Morgan fingerprint density at radius 2 is 1.88 bits per heavy atom. The molecule has 0 spiro atoms. The van der Waals surface area contributed by atoms with Crippen LogP contribution in [0.2, 0.25) is 0 Å². The van der Waals surface area contributed by atoms with Gasteiger partial charge >= 0.3 is 0 Å². The second-order valence-corrected chi connectivity index (χ2v) is 5.88. The Labute approximate surface area is 143 Å². The van der Waals surface area contributed by atoms with Crippen molar-refractivity contribution < 1.29 is 5.11 Å². The molecule has 0 amide bonds. The summed E-state index contributed by atoms with van der Waals surface area (Å²) in [6.45, 7) is 2.19. The van der Waals surface area contributed by atoms with Crippen LogP contribution in [0, 0.1) is 0 Å². The van der Waals surface area contributed by atoms with Crippen molar-refractivity contribution in [3.8, 4) is 0 Å². The third-order valence-corrected chi connectivity index (χ3v) is 4.09. The van der Waals surface area contributed by atoms with Crippen molar-refractivity contribution in [2.45, 2.75) is 38.8 Å². The topological polar surface area (TPSA) is 48.7 Å². The summed E-state index contributed by atoms with van der Waals surface area (Å²) < 4.78 is 0. The smallest absolute Gasteiger partial charge is 0.177 e. The second kappa shape index (κ2) is 7.88. The number of aliphatic hydroxyl groups excluding tert-OH is 1. The van der Waals surface area contributed by atoms with Gasteiger partial charge in [-0.05, 0) is 25.0 Å². The number of rotatable bonds is 6. The summed E-state index contributed by atoms with van der Waals surface area (Å²) in [6.07, 6.45) is 7.49. The summed E-state index contributed by atoms with van der Waals surface area (Å²) in [6, 6.07) is 15.6. The maximum absolute atomic E-state index is 10.8. The van der Waals surface area contributed by atoms with Gasteiger partial charge in [0.2, 0.25) is 0 Å². The maximum atomic E-state index is 10.8. The number of benzene rings is 1. The van der Waals surface area contributed by atoms with Crippen LogP contribution in [0.15, 0.2) is 71.5 Å². The first-order valence-electron chi connectivity index (χ1n) is 8.54. The maximum Gasteiger partial charge on any atom is 0.177 e. The Hall–Kier alpha value is -2.46. The van der Waals surface area contributed by atoms with Crippen molar-refractivity contribution in [3.05, 3.63) is 71.9 Å². The second-order valence-electron chi connectivity index (χ2n) is 5.88. The minimum atomic E-state index is -0.795. The molecule has 2 heterocycles. The number of unbranched alkanes of at least 4 members (excludes halogenated alkanes) is 3. The molecule has 2 aromatic rings. The molecule has 4 heteroatoms. The molecule has 1 aromatic carbocycles. The molecule has 1 aliphatic rings. The number of hydrazone groups is 1. The first kappa shape index (κ1) is 16.4. The molecule has 0 saturated carbocycles. The van der Waals surface area contributed by atoms with Gasteiger partial charge in [-0.15, -0.1) is 0 Å². The van der Waals surface area contributed by atoms with Gasteiger partial charge in [-0.2, -0.15) is 5.10 Å². The fraction of sp³-hybridized carbons (Fsp3) is 0.300. The minimum absolute atomic E-state index is 0.649. The van der Waals surface area contributed by atoms with Crippen molar-refractivity contribution in [2.75, 3.05) is 5.01 Å². The molecule has 1 aromatic heterocycles. The Bertz CT molecular complexity index is 710. The zero-order valence-electron chi connectivity index (χ0n) is 14.0. The van der Waals surface area contributed by atoms with E-state index < -0.39 is 6.23 Å². The van der Waals surface area contributed by atoms with Gasteiger partial charge in [-0.1, -0.05) is 62.2 Å². The van der Waals surface area contributed by atoms with Crippen molar-refractivity contribution >= 4 is 11.5 Å². The third kappa shape index (κ3) is 3.54. The highest BCUT2D eigenvalue weighted by Crippen LogP contribution is 2.28. The van der Waals surface area contributed by atoms with E-state index in [4.69, 9.17) is 0 Å². The van der Waals surface area contributed by atoms with Crippen LogP contribution in [0.25, 0.3) is 0 Å². The molecule has 24 heavy (non-hydrogen) atoms. The normalized spacial score (nSPS) is 18.9. The fourth-order valence-electron chi connectivity index (χ4n) is 2.81. The molecule has 3 rings (SSSR count). The highest BCUT2D eigenvalue weighted by Gasteiger charge is 2.32. The molecule has 1 atom stereocenters. The highest BCUT2D eigenvalue weighted by atomic mass is 16.3. The molecule has 0 radical (unpaired) electrons. The van der Waals surface area contributed by atoms with Crippen LogP contribution in [-0.2, 0) is 0 Å². The molecule has 1 N–H and O–H groups in total. The number of aromatic nitrogens is 1. The summed E-state index contributed by atoms with van der Waals surface area (Å²) in [4.78, 5) is 4.32. The molecule has 124 valence electrons. The van der Waals surface area contributed by atoms with Gasteiger partial charge in [0.15, 0.2) is 12.0 Å². The minimum Gasteiger partial charge on any atom is -0.368 e. The van der Waals surface area contributed by atoms with Crippen LogP contribution in [0.1, 0.15) is 38.2 Å². The van der Waals surface area contributed by atoms with E-state index in [2.05, 4.69) is 23.1 Å². The van der Waals surface area contributed by atoms with E-state index in [0.29, 0.717) is 5.82 Å². The lowest BCUT2D eigenvalue weighted by atomic mass is 10.0. The first-order valence-corrected chi connectivity index (χ1v) is 8.54. The van der Waals surface area contributed by atoms with Crippen molar-refractivity contribution in [3.63, 3.8) is 0 Å². The van der Waals surface area contributed by atoms with E-state index in [1.54, 1.807) is 11.2 Å². The number of hydrogen-bond acceptors (Lipinski definition) is 4. The van der Waals surface area contributed by atoms with Crippen LogP contribution in [0.4, 0.5) is 5.82 Å². The summed E-state index contributed by atoms with van der Waals surface area (Å²) >= 11 is 0. The third-order valence-electron chi connectivity index (χ3n) is 4.09. The predicted molar refractivity (Wildman–Crippen MR) is 97.9 cm³/mol. The highest BCUT2D eigenvalue weighted by molar-refractivity contribution is 6.15. The zero-order chi connectivity index (χ0) is 16.8. The zero-order valence-corrected chi connectivity index (χ0v) is 14.0. The lowest BCUT2D eigenvalue weighted by molar-refractivity contribution is 0.217. The van der Waals surface area contributed by atoms with Crippen LogP contribution < -0.4 is 5.01 Å². The van der Waals surface area contributed by atoms with Crippen LogP contribution in [-0.4, -0.2) is 22.0 Å². The summed E-state index contributed by atoms with van der Waals surface area (Å²) in [5.41, 5.74) is 2.70. The van der Waals surface area contributed by atoms with Gasteiger partial charge in [0, 0.05) is 17.3 Å². The fourth-order valence-corrected chi connectivity index (χ4v) is 2.81. The summed E-state index contributed by atoms with van der Waals surface area (Å²) in [5, 5.41) is 17.0.